The van der Waals surface area contributed by atoms with Crippen molar-refractivity contribution in [2.24, 2.45) is 0 Å². The number of nitrogens with one attached hydrogen (secondary N) is 1. The highest BCUT2D eigenvalue weighted by Gasteiger charge is 2.38. The third-order valence-electron chi connectivity index (χ3n) is 8.43. The van der Waals surface area contributed by atoms with Crippen LogP contribution in [0.5, 0.6) is 0 Å². The van der Waals surface area contributed by atoms with Gasteiger partial charge < -0.3 is 19.7 Å². The molecule has 2 fully saturated rings. The topological polar surface area (TPSA) is 104 Å². The van der Waals surface area contributed by atoms with Gasteiger partial charge in [-0.25, -0.2) is 28.7 Å². The minimum Gasteiger partial charge on any atom is -0.388 e. The summed E-state index contributed by atoms with van der Waals surface area (Å²) in [4.78, 5) is 22.0. The van der Waals surface area contributed by atoms with Crippen molar-refractivity contribution in [2.75, 3.05) is 44.6 Å². The Kier molecular flexibility index (Phi) is 8.12. The molecular weight excluding hydrogens is 566 g/mol. The number of morpholine rings is 1. The lowest BCUT2D eigenvalue weighted by atomic mass is 9.93. The Morgan fingerprint density at radius 1 is 1.02 bits per heavy atom. The second kappa shape index (κ2) is 11.7. The van der Waals surface area contributed by atoms with E-state index in [2.05, 4.69) is 42.0 Å². The molecule has 0 unspecified atom stereocenters. The van der Waals surface area contributed by atoms with Crippen LogP contribution in [0.1, 0.15) is 51.5 Å². The van der Waals surface area contributed by atoms with Crippen molar-refractivity contribution >= 4 is 22.8 Å². The van der Waals surface area contributed by atoms with Gasteiger partial charge in [-0.2, -0.15) is 0 Å². The first-order chi connectivity index (χ1) is 20.9. The van der Waals surface area contributed by atoms with Crippen LogP contribution in [0, 0.1) is 18.6 Å². The number of imidazole rings is 1. The van der Waals surface area contributed by atoms with Crippen LogP contribution in [0.25, 0.3) is 22.3 Å². The molecule has 12 heteroatoms. The summed E-state index contributed by atoms with van der Waals surface area (Å²) in [5, 5.41) is 13.0. The number of aromatic nitrogens is 5. The second-order valence-electron chi connectivity index (χ2n) is 13.0. The van der Waals surface area contributed by atoms with Gasteiger partial charge in [-0.15, -0.1) is 0 Å². The lowest BCUT2D eigenvalue weighted by Gasteiger charge is -2.47. The van der Waals surface area contributed by atoms with Gasteiger partial charge in [0.15, 0.2) is 11.6 Å². The van der Waals surface area contributed by atoms with Gasteiger partial charge in [-0.3, -0.25) is 9.80 Å². The van der Waals surface area contributed by atoms with E-state index in [-0.39, 0.29) is 28.8 Å². The number of nitrogens with zero attached hydrogens (tertiary/aromatic N) is 7. The maximum absolute atomic E-state index is 15.0. The fourth-order valence-corrected chi connectivity index (χ4v) is 6.43. The average Bonchev–Trinajstić information content (AvgIpc) is 3.29. The van der Waals surface area contributed by atoms with Gasteiger partial charge >= 0.3 is 0 Å². The highest BCUT2D eigenvalue weighted by molar-refractivity contribution is 5.83. The van der Waals surface area contributed by atoms with E-state index in [0.29, 0.717) is 42.4 Å². The summed E-state index contributed by atoms with van der Waals surface area (Å²) >= 11 is 0. The predicted octanol–water partition coefficient (Wildman–Crippen LogP) is 4.85. The third kappa shape index (κ3) is 6.44. The van der Waals surface area contributed by atoms with Gasteiger partial charge in [-0.05, 0) is 64.8 Å². The van der Waals surface area contributed by atoms with Crippen molar-refractivity contribution in [3.05, 3.63) is 59.7 Å². The molecule has 6 rings (SSSR count). The summed E-state index contributed by atoms with van der Waals surface area (Å²) in [7, 11) is 0. The Hall–Kier alpha value is -3.58. The molecule has 234 valence electrons. The summed E-state index contributed by atoms with van der Waals surface area (Å²) in [5.74, 6) is 0.170. The fraction of sp³-hybridized carbons (Fsp3) is 0.500. The number of benzene rings is 1. The van der Waals surface area contributed by atoms with Gasteiger partial charge in [-0.1, -0.05) is 6.07 Å². The minimum absolute atomic E-state index is 0.0102. The first-order valence-electron chi connectivity index (χ1n) is 15.1. The molecule has 0 radical (unpaired) electrons. The Labute approximate surface area is 256 Å². The highest BCUT2D eigenvalue weighted by atomic mass is 19.1. The lowest BCUT2D eigenvalue weighted by Crippen LogP contribution is -2.61. The molecule has 44 heavy (non-hydrogen) atoms. The summed E-state index contributed by atoms with van der Waals surface area (Å²) in [6, 6.07) is 6.86. The maximum Gasteiger partial charge on any atom is 0.229 e. The number of fused-ring (bicyclic) bond motifs is 1. The lowest BCUT2D eigenvalue weighted by molar-refractivity contribution is -0.124. The van der Waals surface area contributed by atoms with Crippen molar-refractivity contribution in [1.82, 2.24) is 34.3 Å². The number of anilines is 2. The molecule has 0 spiro atoms. The number of hydrogen-bond acceptors (Lipinski definition) is 9. The van der Waals surface area contributed by atoms with Gasteiger partial charge in [0.05, 0.1) is 29.5 Å². The second-order valence-corrected chi connectivity index (χ2v) is 13.0. The van der Waals surface area contributed by atoms with E-state index >= 15 is 4.39 Å². The van der Waals surface area contributed by atoms with Crippen LogP contribution in [0.15, 0.2) is 36.7 Å². The van der Waals surface area contributed by atoms with Gasteiger partial charge in [0, 0.05) is 57.1 Å². The number of hydrogen-bond donors (Lipinski definition) is 2. The molecule has 2 saturated heterocycles. The van der Waals surface area contributed by atoms with Crippen molar-refractivity contribution in [2.45, 2.75) is 64.8 Å². The first kappa shape index (κ1) is 30.4. The van der Waals surface area contributed by atoms with Gasteiger partial charge in [0.2, 0.25) is 5.95 Å². The van der Waals surface area contributed by atoms with Gasteiger partial charge in [0.25, 0.3) is 0 Å². The van der Waals surface area contributed by atoms with E-state index in [1.807, 2.05) is 44.4 Å². The molecule has 0 aliphatic carbocycles. The monoisotopic (exact) mass is 606 g/mol. The van der Waals surface area contributed by atoms with Crippen LogP contribution >= 0.6 is 0 Å². The molecule has 10 nitrogen and oxygen atoms in total. The number of aliphatic hydroxyl groups is 1. The molecule has 4 aromatic rings. The molecule has 5 heterocycles. The summed E-state index contributed by atoms with van der Waals surface area (Å²) in [6.45, 7) is 15.2. The van der Waals surface area contributed by atoms with E-state index in [1.165, 1.54) is 6.07 Å². The Morgan fingerprint density at radius 3 is 2.52 bits per heavy atom. The SMILES string of the molecule is Cc1nc2c(F)cc(-c3nc(Nc4ccc(CN5CCO[C@](C)(CCN6CC(C)(O)C6)C5)cn4)ncc3F)cc2n1C(C)C. The normalized spacial score (nSPS) is 20.8. The zero-order valence-electron chi connectivity index (χ0n) is 25.9. The van der Waals surface area contributed by atoms with Gasteiger partial charge in [0.1, 0.15) is 22.9 Å². The zero-order chi connectivity index (χ0) is 31.2. The van der Waals surface area contributed by atoms with Crippen LogP contribution in [0.4, 0.5) is 20.5 Å². The molecule has 3 aromatic heterocycles. The van der Waals surface area contributed by atoms with Crippen LogP contribution < -0.4 is 5.32 Å². The third-order valence-corrected chi connectivity index (χ3v) is 8.43. The Balaban J connectivity index is 1.11. The van der Waals surface area contributed by atoms with Crippen LogP contribution in [0.3, 0.4) is 0 Å². The summed E-state index contributed by atoms with van der Waals surface area (Å²) < 4.78 is 38.0. The highest BCUT2D eigenvalue weighted by Crippen LogP contribution is 2.31. The number of halogens is 2. The van der Waals surface area contributed by atoms with Crippen molar-refractivity contribution < 1.29 is 18.6 Å². The summed E-state index contributed by atoms with van der Waals surface area (Å²) in [5.41, 5.74) is 1.38. The largest absolute Gasteiger partial charge is 0.388 e. The molecule has 1 aromatic carbocycles. The molecule has 0 saturated carbocycles. The fourth-order valence-electron chi connectivity index (χ4n) is 6.43. The van der Waals surface area contributed by atoms with Crippen LogP contribution in [0.2, 0.25) is 0 Å². The molecule has 2 aliphatic heterocycles. The van der Waals surface area contributed by atoms with E-state index in [0.717, 1.165) is 44.4 Å². The Morgan fingerprint density at radius 2 is 1.82 bits per heavy atom. The maximum atomic E-state index is 15.0. The van der Waals surface area contributed by atoms with E-state index in [1.54, 1.807) is 12.3 Å². The molecule has 1 atom stereocenters. The molecule has 0 amide bonds. The van der Waals surface area contributed by atoms with E-state index in [9.17, 15) is 9.50 Å². The van der Waals surface area contributed by atoms with Crippen LogP contribution in [-0.2, 0) is 11.3 Å². The average molecular weight is 607 g/mol. The van der Waals surface area contributed by atoms with Crippen molar-refractivity contribution in [3.63, 3.8) is 0 Å². The predicted molar refractivity (Wildman–Crippen MR) is 165 cm³/mol. The minimum atomic E-state index is -0.654. The number of ether oxygens (including phenoxy) is 1. The molecule has 2 aliphatic rings. The smallest absolute Gasteiger partial charge is 0.229 e. The quantitative estimate of drug-likeness (QED) is 0.277. The zero-order valence-corrected chi connectivity index (χ0v) is 25.9. The molecule has 2 N–H and O–H groups in total. The summed E-state index contributed by atoms with van der Waals surface area (Å²) in [6.07, 6.45) is 3.79. The van der Waals surface area contributed by atoms with Crippen molar-refractivity contribution in [3.8, 4) is 11.3 Å². The number of rotatable bonds is 9. The van der Waals surface area contributed by atoms with Crippen LogP contribution in [-0.4, -0.2) is 89.9 Å². The number of aryl methyl sites for hydroxylation is 1. The number of pyridine rings is 1. The van der Waals surface area contributed by atoms with Crippen molar-refractivity contribution in [1.29, 1.82) is 0 Å². The van der Waals surface area contributed by atoms with E-state index < -0.39 is 17.2 Å². The Bertz CT molecular complexity index is 1650. The molecule has 0 bridgehead atoms. The first-order valence-corrected chi connectivity index (χ1v) is 15.1. The molecular formula is C32H40F2N8O2. The number of β-amino-alcohol motifs (C(OH)–C–C–N with tert-alkyl or cyclic N) is 1. The number of likely N-dealkylation sites (tertiary alicyclic amines) is 1. The standard InChI is InChI=1S/C32H40F2N8O2/c1-20(2)42-21(3)37-29-24(33)12-23(13-26(29)42)28-25(34)15-36-30(39-28)38-27-7-6-22(14-35-27)16-40-10-11-44-32(5,19-40)8-9-41-17-31(4,43)18-41/h6-7,12-15,20,43H,8-11,16-19H2,1-5H3,(H,35,36,38,39)/t32-/m1/s1. The van der Waals surface area contributed by atoms with E-state index in [4.69, 9.17) is 4.74 Å².